The Balaban J connectivity index is 1.52. The minimum Gasteiger partial charge on any atom is -0.338 e. The van der Waals surface area contributed by atoms with Crippen molar-refractivity contribution in [2.24, 2.45) is 0 Å². The predicted octanol–water partition coefficient (Wildman–Crippen LogP) is 4.11. The summed E-state index contributed by atoms with van der Waals surface area (Å²) >= 11 is 6.24. The normalized spacial score (nSPS) is 21.5. The number of halogens is 1. The molecular formula is C25H30ClN3O2. The Kier molecular flexibility index (Phi) is 6.35. The Morgan fingerprint density at radius 2 is 1.77 bits per heavy atom. The number of carbonyl (C=O) groups excluding carboxylic acids is 2. The van der Waals surface area contributed by atoms with Crippen molar-refractivity contribution in [3.8, 4) is 0 Å². The topological polar surface area (TPSA) is 52.7 Å². The minimum atomic E-state index is -0.400. The number of hydrogen-bond acceptors (Lipinski definition) is 3. The number of hydrogen-bond donors (Lipinski definition) is 1. The highest BCUT2D eigenvalue weighted by molar-refractivity contribution is 6.33. The third-order valence-electron chi connectivity index (χ3n) is 6.74. The predicted molar refractivity (Wildman–Crippen MR) is 123 cm³/mol. The Morgan fingerprint density at radius 3 is 2.42 bits per heavy atom. The maximum Gasteiger partial charge on any atom is 0.255 e. The summed E-state index contributed by atoms with van der Waals surface area (Å²) in [6.07, 6.45) is 3.00. The van der Waals surface area contributed by atoms with E-state index in [-0.39, 0.29) is 23.9 Å². The van der Waals surface area contributed by atoms with E-state index in [1.54, 1.807) is 12.1 Å². The number of likely N-dealkylation sites (tertiary alicyclic amines) is 1. The van der Waals surface area contributed by atoms with E-state index >= 15 is 0 Å². The van der Waals surface area contributed by atoms with Gasteiger partial charge in [-0.2, -0.15) is 0 Å². The summed E-state index contributed by atoms with van der Waals surface area (Å²) in [5.41, 5.74) is 1.29. The quantitative estimate of drug-likeness (QED) is 0.762. The zero-order valence-electron chi connectivity index (χ0n) is 18.2. The van der Waals surface area contributed by atoms with Crippen molar-refractivity contribution in [1.29, 1.82) is 0 Å². The molecule has 2 aromatic carbocycles. The molecule has 0 bridgehead atoms. The van der Waals surface area contributed by atoms with E-state index < -0.39 is 5.66 Å². The molecule has 164 valence electrons. The lowest BCUT2D eigenvalue weighted by Gasteiger charge is -2.46. The summed E-state index contributed by atoms with van der Waals surface area (Å²) in [4.78, 5) is 30.4. The fourth-order valence-electron chi connectivity index (χ4n) is 4.91. The van der Waals surface area contributed by atoms with Crippen molar-refractivity contribution < 1.29 is 9.59 Å². The number of benzene rings is 2. The molecule has 0 aliphatic carbocycles. The van der Waals surface area contributed by atoms with E-state index in [0.29, 0.717) is 42.9 Å². The van der Waals surface area contributed by atoms with E-state index in [9.17, 15) is 9.59 Å². The van der Waals surface area contributed by atoms with Crippen LogP contribution in [0.2, 0.25) is 5.02 Å². The largest absolute Gasteiger partial charge is 0.338 e. The van der Waals surface area contributed by atoms with Gasteiger partial charge in [-0.1, -0.05) is 61.0 Å². The van der Waals surface area contributed by atoms with Gasteiger partial charge >= 0.3 is 0 Å². The average Bonchev–Trinajstić information content (AvgIpc) is 3.05. The van der Waals surface area contributed by atoms with Gasteiger partial charge in [-0.05, 0) is 37.5 Å². The third-order valence-corrected chi connectivity index (χ3v) is 7.07. The molecule has 2 amide bonds. The number of nitrogens with one attached hydrogen (secondary N) is 1. The first kappa shape index (κ1) is 21.8. The fourth-order valence-corrected chi connectivity index (χ4v) is 5.13. The lowest BCUT2D eigenvalue weighted by molar-refractivity contribution is -0.136. The van der Waals surface area contributed by atoms with Gasteiger partial charge in [-0.3, -0.25) is 14.9 Å². The van der Waals surface area contributed by atoms with Gasteiger partial charge in [-0.15, -0.1) is 0 Å². The second-order valence-electron chi connectivity index (χ2n) is 8.66. The summed E-state index contributed by atoms with van der Waals surface area (Å²) in [6, 6.07) is 17.2. The first-order chi connectivity index (χ1) is 14.9. The van der Waals surface area contributed by atoms with Crippen LogP contribution in [-0.2, 0) is 11.2 Å². The van der Waals surface area contributed by atoms with E-state index in [1.165, 1.54) is 0 Å². The van der Waals surface area contributed by atoms with Gasteiger partial charge in [0.1, 0.15) is 0 Å². The Bertz CT molecular complexity index is 941. The third kappa shape index (κ3) is 4.21. The molecule has 4 rings (SSSR count). The lowest BCUT2D eigenvalue weighted by atomic mass is 9.93. The SMILES string of the molecule is CCC(C)N1C(=O)C(Cc2ccccc2)NC12CCN(C(=O)c1ccccc1Cl)CC2. The van der Waals surface area contributed by atoms with Crippen LogP contribution in [0.3, 0.4) is 0 Å². The molecule has 0 aromatic heterocycles. The zero-order valence-corrected chi connectivity index (χ0v) is 18.9. The summed E-state index contributed by atoms with van der Waals surface area (Å²) in [6.45, 7) is 5.42. The van der Waals surface area contributed by atoms with Gasteiger partial charge in [-0.25, -0.2) is 0 Å². The first-order valence-electron chi connectivity index (χ1n) is 11.1. The lowest BCUT2D eigenvalue weighted by Crippen LogP contribution is -2.61. The van der Waals surface area contributed by atoms with Crippen LogP contribution >= 0.6 is 11.6 Å². The Labute approximate surface area is 189 Å². The molecule has 1 spiro atoms. The molecule has 2 aliphatic rings. The van der Waals surface area contributed by atoms with Crippen molar-refractivity contribution in [1.82, 2.24) is 15.1 Å². The van der Waals surface area contributed by atoms with E-state index in [2.05, 4.69) is 36.2 Å². The molecule has 2 aromatic rings. The van der Waals surface area contributed by atoms with Crippen LogP contribution in [0.4, 0.5) is 0 Å². The van der Waals surface area contributed by atoms with Crippen LogP contribution in [0.15, 0.2) is 54.6 Å². The molecule has 1 N–H and O–H groups in total. The maximum atomic E-state index is 13.4. The summed E-state index contributed by atoms with van der Waals surface area (Å²) in [7, 11) is 0. The Morgan fingerprint density at radius 1 is 1.13 bits per heavy atom. The van der Waals surface area contributed by atoms with E-state index in [1.807, 2.05) is 35.2 Å². The maximum absolute atomic E-state index is 13.4. The van der Waals surface area contributed by atoms with Crippen LogP contribution in [0.25, 0.3) is 0 Å². The molecule has 6 heteroatoms. The molecule has 2 fully saturated rings. The van der Waals surface area contributed by atoms with Crippen LogP contribution in [-0.4, -0.2) is 52.5 Å². The molecular weight excluding hydrogens is 410 g/mol. The van der Waals surface area contributed by atoms with Gasteiger partial charge in [0.2, 0.25) is 5.91 Å². The van der Waals surface area contributed by atoms with Crippen molar-refractivity contribution in [2.45, 2.75) is 57.3 Å². The number of rotatable bonds is 5. The highest BCUT2D eigenvalue weighted by Crippen LogP contribution is 2.36. The van der Waals surface area contributed by atoms with Crippen LogP contribution in [0.1, 0.15) is 49.0 Å². The monoisotopic (exact) mass is 439 g/mol. The molecule has 31 heavy (non-hydrogen) atoms. The van der Waals surface area contributed by atoms with Crippen LogP contribution < -0.4 is 5.32 Å². The molecule has 2 atom stereocenters. The average molecular weight is 440 g/mol. The highest BCUT2D eigenvalue weighted by atomic mass is 35.5. The van der Waals surface area contributed by atoms with Gasteiger partial charge < -0.3 is 9.80 Å². The zero-order chi connectivity index (χ0) is 22.0. The van der Waals surface area contributed by atoms with Gasteiger partial charge in [0.25, 0.3) is 5.91 Å². The summed E-state index contributed by atoms with van der Waals surface area (Å²) in [5.74, 6) is 0.129. The smallest absolute Gasteiger partial charge is 0.255 e. The summed E-state index contributed by atoms with van der Waals surface area (Å²) < 4.78 is 0. The Hall–Kier alpha value is -2.37. The highest BCUT2D eigenvalue weighted by Gasteiger charge is 2.53. The molecule has 0 radical (unpaired) electrons. The fraction of sp³-hybridized carbons (Fsp3) is 0.440. The van der Waals surface area contributed by atoms with E-state index in [0.717, 1.165) is 12.0 Å². The first-order valence-corrected chi connectivity index (χ1v) is 11.5. The number of amides is 2. The van der Waals surface area contributed by atoms with Crippen LogP contribution in [0.5, 0.6) is 0 Å². The van der Waals surface area contributed by atoms with Crippen molar-refractivity contribution in [3.05, 3.63) is 70.7 Å². The van der Waals surface area contributed by atoms with Crippen molar-refractivity contribution in [2.75, 3.05) is 13.1 Å². The number of nitrogens with zero attached hydrogens (tertiary/aromatic N) is 2. The standard InChI is InChI=1S/C25H30ClN3O2/c1-3-18(2)29-24(31)22(17-19-9-5-4-6-10-19)27-25(29)13-15-28(16-14-25)23(30)20-11-7-8-12-21(20)26/h4-12,18,22,27H,3,13-17H2,1-2H3. The second-order valence-corrected chi connectivity index (χ2v) is 9.06. The summed E-state index contributed by atoms with van der Waals surface area (Å²) in [5, 5.41) is 4.17. The second kappa shape index (κ2) is 9.01. The number of carbonyl (C=O) groups is 2. The molecule has 5 nitrogen and oxygen atoms in total. The molecule has 2 aliphatic heterocycles. The van der Waals surface area contributed by atoms with Crippen LogP contribution in [0, 0.1) is 0 Å². The van der Waals surface area contributed by atoms with Gasteiger partial charge in [0.15, 0.2) is 0 Å². The number of piperidine rings is 1. The molecule has 0 saturated carbocycles. The van der Waals surface area contributed by atoms with Gasteiger partial charge in [0, 0.05) is 32.0 Å². The van der Waals surface area contributed by atoms with E-state index in [4.69, 9.17) is 11.6 Å². The molecule has 2 heterocycles. The molecule has 2 unspecified atom stereocenters. The molecule has 2 saturated heterocycles. The van der Waals surface area contributed by atoms with Crippen molar-refractivity contribution >= 4 is 23.4 Å². The van der Waals surface area contributed by atoms with Crippen molar-refractivity contribution in [3.63, 3.8) is 0 Å². The minimum absolute atomic E-state index is 0.0410. The van der Waals surface area contributed by atoms with Gasteiger partial charge in [0.05, 0.1) is 22.3 Å².